The lowest BCUT2D eigenvalue weighted by atomic mass is 9.97. The lowest BCUT2D eigenvalue weighted by Gasteiger charge is -2.32. The van der Waals surface area contributed by atoms with E-state index in [1.807, 2.05) is 31.3 Å². The SMILES string of the molecule is CN(C(=O)[C@@H]1CCCOC1)[C@H](c1ccc(Cl)cc1)c1cnccn1. The van der Waals surface area contributed by atoms with Crippen molar-refractivity contribution in [1.82, 2.24) is 14.9 Å². The molecular weight excluding hydrogens is 326 g/mol. The molecule has 1 aliphatic rings. The van der Waals surface area contributed by atoms with Crippen LogP contribution in [0.25, 0.3) is 0 Å². The molecule has 0 radical (unpaired) electrons. The number of nitrogens with zero attached hydrogens (tertiary/aromatic N) is 3. The number of hydrogen-bond acceptors (Lipinski definition) is 4. The monoisotopic (exact) mass is 345 g/mol. The Bertz CT molecular complexity index is 672. The van der Waals surface area contributed by atoms with Gasteiger partial charge in [-0.25, -0.2) is 0 Å². The summed E-state index contributed by atoms with van der Waals surface area (Å²) in [5.74, 6) is -0.0319. The van der Waals surface area contributed by atoms with Gasteiger partial charge >= 0.3 is 0 Å². The topological polar surface area (TPSA) is 55.3 Å². The third kappa shape index (κ3) is 3.74. The van der Waals surface area contributed by atoms with E-state index in [2.05, 4.69) is 9.97 Å². The Morgan fingerprint density at radius 3 is 2.75 bits per heavy atom. The summed E-state index contributed by atoms with van der Waals surface area (Å²) < 4.78 is 5.47. The van der Waals surface area contributed by atoms with Crippen molar-refractivity contribution >= 4 is 17.5 Å². The molecule has 2 heterocycles. The average molecular weight is 346 g/mol. The van der Waals surface area contributed by atoms with Gasteiger partial charge in [0.15, 0.2) is 0 Å². The largest absolute Gasteiger partial charge is 0.381 e. The molecule has 0 bridgehead atoms. The van der Waals surface area contributed by atoms with Crippen LogP contribution in [0, 0.1) is 5.92 Å². The summed E-state index contributed by atoms with van der Waals surface area (Å²) in [5.41, 5.74) is 1.68. The molecule has 6 heteroatoms. The highest BCUT2D eigenvalue weighted by molar-refractivity contribution is 6.30. The zero-order chi connectivity index (χ0) is 16.9. The predicted molar refractivity (Wildman–Crippen MR) is 91.6 cm³/mol. The van der Waals surface area contributed by atoms with Gasteiger partial charge in [0.25, 0.3) is 0 Å². The van der Waals surface area contributed by atoms with Crippen LogP contribution in [-0.4, -0.2) is 41.0 Å². The third-order valence-electron chi connectivity index (χ3n) is 4.29. The maximum atomic E-state index is 12.9. The van der Waals surface area contributed by atoms with Crippen molar-refractivity contribution in [1.29, 1.82) is 0 Å². The Labute approximate surface area is 146 Å². The van der Waals surface area contributed by atoms with Crippen LogP contribution in [0.15, 0.2) is 42.9 Å². The minimum atomic E-state index is -0.301. The molecule has 0 unspecified atom stereocenters. The van der Waals surface area contributed by atoms with Crippen LogP contribution in [0.3, 0.4) is 0 Å². The van der Waals surface area contributed by atoms with Gasteiger partial charge in [0.05, 0.1) is 24.4 Å². The Morgan fingerprint density at radius 2 is 2.12 bits per heavy atom. The molecule has 0 N–H and O–H groups in total. The predicted octanol–water partition coefficient (Wildman–Crippen LogP) is 3.10. The molecule has 2 aromatic rings. The molecule has 5 nitrogen and oxygen atoms in total. The molecule has 1 aliphatic heterocycles. The molecule has 1 aromatic carbocycles. The normalized spacial score (nSPS) is 18.8. The fourth-order valence-corrected chi connectivity index (χ4v) is 3.17. The van der Waals surface area contributed by atoms with Gasteiger partial charge in [-0.3, -0.25) is 14.8 Å². The summed E-state index contributed by atoms with van der Waals surface area (Å²) in [5, 5.41) is 0.659. The van der Waals surface area contributed by atoms with E-state index in [0.29, 0.717) is 11.6 Å². The Hall–Kier alpha value is -1.98. The van der Waals surface area contributed by atoms with Crippen LogP contribution < -0.4 is 0 Å². The molecule has 1 amide bonds. The van der Waals surface area contributed by atoms with Crippen molar-refractivity contribution in [3.63, 3.8) is 0 Å². The standard InChI is InChI=1S/C18H20ClN3O2/c1-22(18(23)14-3-2-10-24-12-14)17(16-11-20-8-9-21-16)13-4-6-15(19)7-5-13/h4-9,11,14,17H,2-3,10,12H2,1H3/t14-,17-/m1/s1. The number of hydrogen-bond donors (Lipinski definition) is 0. The van der Waals surface area contributed by atoms with Crippen LogP contribution in [0.4, 0.5) is 0 Å². The first-order valence-corrected chi connectivity index (χ1v) is 8.40. The molecule has 24 heavy (non-hydrogen) atoms. The molecule has 0 spiro atoms. The van der Waals surface area contributed by atoms with Gasteiger partial charge < -0.3 is 9.64 Å². The van der Waals surface area contributed by atoms with Gasteiger partial charge in [-0.1, -0.05) is 23.7 Å². The summed E-state index contributed by atoms with van der Waals surface area (Å²) >= 11 is 6.00. The maximum absolute atomic E-state index is 12.9. The van der Waals surface area contributed by atoms with E-state index in [4.69, 9.17) is 16.3 Å². The minimum absolute atomic E-state index is 0.0697. The van der Waals surface area contributed by atoms with Crippen molar-refractivity contribution in [3.8, 4) is 0 Å². The lowest BCUT2D eigenvalue weighted by Crippen LogP contribution is -2.40. The molecule has 1 aromatic heterocycles. The average Bonchev–Trinajstić information content (AvgIpc) is 2.64. The minimum Gasteiger partial charge on any atom is -0.381 e. The zero-order valence-corrected chi connectivity index (χ0v) is 14.3. The summed E-state index contributed by atoms with van der Waals surface area (Å²) in [6, 6.07) is 7.18. The molecule has 0 aliphatic carbocycles. The van der Waals surface area contributed by atoms with E-state index in [1.165, 1.54) is 0 Å². The van der Waals surface area contributed by atoms with E-state index in [-0.39, 0.29) is 17.9 Å². The molecule has 2 atom stereocenters. The van der Waals surface area contributed by atoms with E-state index in [9.17, 15) is 4.79 Å². The van der Waals surface area contributed by atoms with E-state index < -0.39 is 0 Å². The van der Waals surface area contributed by atoms with Crippen LogP contribution in [0.2, 0.25) is 5.02 Å². The summed E-state index contributed by atoms with van der Waals surface area (Å²) in [4.78, 5) is 23.2. The number of carbonyl (C=O) groups excluding carboxylic acids is 1. The molecule has 126 valence electrons. The number of carbonyl (C=O) groups is 1. The van der Waals surface area contributed by atoms with Crippen molar-refractivity contribution in [2.24, 2.45) is 5.92 Å². The second-order valence-corrected chi connectivity index (χ2v) is 6.38. The van der Waals surface area contributed by atoms with Crippen molar-refractivity contribution in [2.45, 2.75) is 18.9 Å². The van der Waals surface area contributed by atoms with Gasteiger partial charge in [-0.05, 0) is 30.5 Å². The van der Waals surface area contributed by atoms with Crippen LogP contribution in [0.1, 0.15) is 30.1 Å². The smallest absolute Gasteiger partial charge is 0.228 e. The maximum Gasteiger partial charge on any atom is 0.228 e. The van der Waals surface area contributed by atoms with E-state index in [1.54, 1.807) is 23.5 Å². The van der Waals surface area contributed by atoms with Crippen LogP contribution in [0.5, 0.6) is 0 Å². The lowest BCUT2D eigenvalue weighted by molar-refractivity contribution is -0.140. The Morgan fingerprint density at radius 1 is 1.33 bits per heavy atom. The molecule has 3 rings (SSSR count). The summed E-state index contributed by atoms with van der Waals surface area (Å²) in [6.07, 6.45) is 6.73. The number of benzene rings is 1. The zero-order valence-electron chi connectivity index (χ0n) is 13.6. The van der Waals surface area contributed by atoms with Crippen LogP contribution >= 0.6 is 11.6 Å². The van der Waals surface area contributed by atoms with Gasteiger partial charge in [-0.15, -0.1) is 0 Å². The molecule has 0 saturated carbocycles. The fraction of sp³-hybridized carbons (Fsp3) is 0.389. The third-order valence-corrected chi connectivity index (χ3v) is 4.55. The summed E-state index contributed by atoms with van der Waals surface area (Å²) in [7, 11) is 1.81. The summed E-state index contributed by atoms with van der Waals surface area (Å²) in [6.45, 7) is 1.22. The Balaban J connectivity index is 1.91. The quantitative estimate of drug-likeness (QED) is 0.854. The second-order valence-electron chi connectivity index (χ2n) is 5.95. The van der Waals surface area contributed by atoms with E-state index >= 15 is 0 Å². The number of halogens is 1. The van der Waals surface area contributed by atoms with E-state index in [0.717, 1.165) is 30.7 Å². The van der Waals surface area contributed by atoms with Crippen molar-refractivity contribution < 1.29 is 9.53 Å². The Kier molecular flexibility index (Phi) is 5.43. The van der Waals surface area contributed by atoms with Crippen LogP contribution in [-0.2, 0) is 9.53 Å². The van der Waals surface area contributed by atoms with Gasteiger partial charge in [0, 0.05) is 31.1 Å². The number of aromatic nitrogens is 2. The number of amides is 1. The number of ether oxygens (including phenoxy) is 1. The second kappa shape index (κ2) is 7.73. The van der Waals surface area contributed by atoms with Gasteiger partial charge in [0.2, 0.25) is 5.91 Å². The highest BCUT2D eigenvalue weighted by atomic mass is 35.5. The molecule has 1 saturated heterocycles. The van der Waals surface area contributed by atoms with Crippen molar-refractivity contribution in [3.05, 3.63) is 59.1 Å². The van der Waals surface area contributed by atoms with Gasteiger partial charge in [0.1, 0.15) is 6.04 Å². The fourth-order valence-electron chi connectivity index (χ4n) is 3.04. The molecule has 1 fully saturated rings. The first-order chi connectivity index (χ1) is 11.7. The molecular formula is C18H20ClN3O2. The number of rotatable bonds is 4. The first kappa shape index (κ1) is 16.9. The van der Waals surface area contributed by atoms with Gasteiger partial charge in [-0.2, -0.15) is 0 Å². The first-order valence-electron chi connectivity index (χ1n) is 8.02. The highest BCUT2D eigenvalue weighted by Crippen LogP contribution is 2.29. The highest BCUT2D eigenvalue weighted by Gasteiger charge is 2.31. The van der Waals surface area contributed by atoms with Crippen molar-refractivity contribution in [2.75, 3.05) is 20.3 Å².